The Kier molecular flexibility index (Phi) is 4.01. The molecule has 1 saturated carbocycles. The topological polar surface area (TPSA) is 44.1 Å². The molecule has 0 radical (unpaired) electrons. The molecule has 0 N–H and O–H groups in total. The summed E-state index contributed by atoms with van der Waals surface area (Å²) in [5.41, 5.74) is 1.90. The number of benzene rings is 1. The van der Waals surface area contributed by atoms with Gasteiger partial charge in [-0.3, -0.25) is 0 Å². The molecule has 1 aromatic carbocycles. The third-order valence-electron chi connectivity index (χ3n) is 4.79. The number of carbonyl (C=O) groups is 1. The van der Waals surface area contributed by atoms with Crippen molar-refractivity contribution in [3.8, 4) is 0 Å². The third-order valence-corrected chi connectivity index (χ3v) is 4.79. The molecule has 0 spiro atoms. The molecule has 4 nitrogen and oxygen atoms in total. The average molecular weight is 298 g/mol. The fraction of sp³-hybridized carbons (Fsp3) is 0.444. The van der Waals surface area contributed by atoms with Gasteiger partial charge in [-0.1, -0.05) is 37.3 Å². The smallest absolute Gasteiger partial charge is 0.356 e. The average Bonchev–Trinajstić information content (AvgIpc) is 3.19. The molecule has 116 valence electrons. The fourth-order valence-electron chi connectivity index (χ4n) is 2.73. The van der Waals surface area contributed by atoms with Crippen LogP contribution in [0, 0.1) is 5.41 Å². The van der Waals surface area contributed by atoms with Gasteiger partial charge in [0, 0.05) is 5.41 Å². The van der Waals surface area contributed by atoms with Crippen LogP contribution < -0.4 is 0 Å². The molecule has 0 aliphatic heterocycles. The molecule has 1 aliphatic carbocycles. The summed E-state index contributed by atoms with van der Waals surface area (Å²) in [5, 5.41) is 0. The van der Waals surface area contributed by atoms with E-state index in [0.717, 1.165) is 24.8 Å². The number of esters is 1. The summed E-state index contributed by atoms with van der Waals surface area (Å²) in [6.45, 7) is 4.73. The zero-order valence-electron chi connectivity index (χ0n) is 13.2. The van der Waals surface area contributed by atoms with Crippen LogP contribution in [0.1, 0.15) is 55.2 Å². The van der Waals surface area contributed by atoms with E-state index in [9.17, 15) is 4.79 Å². The van der Waals surface area contributed by atoms with Crippen LogP contribution in [0.25, 0.3) is 0 Å². The molecule has 1 atom stereocenters. The molecule has 2 aromatic rings. The maximum Gasteiger partial charge on any atom is 0.356 e. The zero-order chi connectivity index (χ0) is 15.6. The van der Waals surface area contributed by atoms with Crippen molar-refractivity contribution in [1.82, 2.24) is 9.55 Å². The van der Waals surface area contributed by atoms with Gasteiger partial charge in [-0.05, 0) is 31.7 Å². The van der Waals surface area contributed by atoms with Crippen LogP contribution in [-0.2, 0) is 4.74 Å². The van der Waals surface area contributed by atoms with E-state index in [4.69, 9.17) is 4.74 Å². The lowest BCUT2D eigenvalue weighted by Gasteiger charge is -2.17. The van der Waals surface area contributed by atoms with Crippen molar-refractivity contribution in [2.75, 3.05) is 6.61 Å². The normalized spacial score (nSPS) is 17.0. The first-order valence-electron chi connectivity index (χ1n) is 7.89. The lowest BCUT2D eigenvalue weighted by atomic mass is 10.1. The van der Waals surface area contributed by atoms with Crippen molar-refractivity contribution in [2.24, 2.45) is 5.41 Å². The lowest BCUT2D eigenvalue weighted by molar-refractivity contribution is 0.0399. The van der Waals surface area contributed by atoms with E-state index in [2.05, 4.69) is 31.0 Å². The molecule has 1 aliphatic rings. The van der Waals surface area contributed by atoms with Crippen molar-refractivity contribution in [2.45, 2.75) is 39.2 Å². The second kappa shape index (κ2) is 5.95. The number of nitrogens with zero attached hydrogens (tertiary/aromatic N) is 2. The summed E-state index contributed by atoms with van der Waals surface area (Å²) < 4.78 is 7.41. The number of imidazole rings is 1. The minimum absolute atomic E-state index is 0.0484. The van der Waals surface area contributed by atoms with Crippen molar-refractivity contribution < 1.29 is 9.53 Å². The van der Waals surface area contributed by atoms with E-state index in [1.807, 2.05) is 22.8 Å². The highest BCUT2D eigenvalue weighted by Crippen LogP contribution is 2.48. The Morgan fingerprint density at radius 3 is 2.73 bits per heavy atom. The number of carbonyl (C=O) groups excluding carboxylic acids is 1. The van der Waals surface area contributed by atoms with Gasteiger partial charge >= 0.3 is 5.97 Å². The number of hydrogen-bond donors (Lipinski definition) is 0. The number of rotatable bonds is 6. The molecule has 0 bridgehead atoms. The summed E-state index contributed by atoms with van der Waals surface area (Å²) in [6.07, 6.45) is 6.68. The Hall–Kier alpha value is -2.10. The molecule has 3 rings (SSSR count). The van der Waals surface area contributed by atoms with E-state index in [1.54, 1.807) is 12.5 Å². The molecule has 1 fully saturated rings. The standard InChI is InChI=1S/C18H22N2O2/c1-3-18(9-10-18)12-22-17(21)16-11-19-13-20(16)14(2)15-7-5-4-6-8-15/h4-8,11,13-14H,3,9-10,12H2,1-2H3. The molecule has 4 heteroatoms. The molecular weight excluding hydrogens is 276 g/mol. The predicted octanol–water partition coefficient (Wildman–Crippen LogP) is 3.84. The number of hydrogen-bond acceptors (Lipinski definition) is 3. The summed E-state index contributed by atoms with van der Waals surface area (Å²) in [6, 6.07) is 10.1. The quantitative estimate of drug-likeness (QED) is 0.761. The van der Waals surface area contributed by atoms with Gasteiger partial charge in [0.05, 0.1) is 25.2 Å². The molecule has 0 saturated heterocycles. The maximum atomic E-state index is 12.4. The van der Waals surface area contributed by atoms with Crippen LogP contribution in [0.2, 0.25) is 0 Å². The highest BCUT2D eigenvalue weighted by atomic mass is 16.5. The van der Waals surface area contributed by atoms with E-state index in [0.29, 0.717) is 12.3 Å². The van der Waals surface area contributed by atoms with Crippen LogP contribution in [0.5, 0.6) is 0 Å². The fourth-order valence-corrected chi connectivity index (χ4v) is 2.73. The molecule has 22 heavy (non-hydrogen) atoms. The monoisotopic (exact) mass is 298 g/mol. The van der Waals surface area contributed by atoms with Crippen LogP contribution >= 0.6 is 0 Å². The summed E-state index contributed by atoms with van der Waals surface area (Å²) in [5.74, 6) is -0.278. The van der Waals surface area contributed by atoms with Crippen LogP contribution in [0.3, 0.4) is 0 Å². The van der Waals surface area contributed by atoms with Crippen molar-refractivity contribution in [3.63, 3.8) is 0 Å². The van der Waals surface area contributed by atoms with E-state index >= 15 is 0 Å². The van der Waals surface area contributed by atoms with Gasteiger partial charge in [-0.15, -0.1) is 0 Å². The maximum absolute atomic E-state index is 12.4. The highest BCUT2D eigenvalue weighted by molar-refractivity contribution is 5.87. The van der Waals surface area contributed by atoms with E-state index in [-0.39, 0.29) is 17.4 Å². The first-order valence-corrected chi connectivity index (χ1v) is 7.89. The SMILES string of the molecule is CCC1(COC(=O)c2cncn2C(C)c2ccccc2)CC1. The van der Waals surface area contributed by atoms with Gasteiger partial charge < -0.3 is 9.30 Å². The van der Waals surface area contributed by atoms with Gasteiger partial charge in [-0.2, -0.15) is 0 Å². The van der Waals surface area contributed by atoms with Gasteiger partial charge in [0.25, 0.3) is 0 Å². The number of aromatic nitrogens is 2. The van der Waals surface area contributed by atoms with Gasteiger partial charge in [0.1, 0.15) is 5.69 Å². The van der Waals surface area contributed by atoms with Crippen LogP contribution in [-0.4, -0.2) is 22.1 Å². The molecule has 1 aromatic heterocycles. The van der Waals surface area contributed by atoms with Gasteiger partial charge in [-0.25, -0.2) is 9.78 Å². The van der Waals surface area contributed by atoms with Gasteiger partial charge in [0.2, 0.25) is 0 Å². The summed E-state index contributed by atoms with van der Waals surface area (Å²) in [4.78, 5) is 16.5. The summed E-state index contributed by atoms with van der Waals surface area (Å²) in [7, 11) is 0. The van der Waals surface area contributed by atoms with Crippen LogP contribution in [0.15, 0.2) is 42.9 Å². The predicted molar refractivity (Wildman–Crippen MR) is 84.7 cm³/mol. The first-order chi connectivity index (χ1) is 10.7. The first kappa shape index (κ1) is 14.8. The second-order valence-corrected chi connectivity index (χ2v) is 6.20. The molecular formula is C18H22N2O2. The third kappa shape index (κ3) is 2.91. The van der Waals surface area contributed by atoms with Gasteiger partial charge in [0.15, 0.2) is 0 Å². The molecule has 1 heterocycles. The Balaban J connectivity index is 1.73. The van der Waals surface area contributed by atoms with Crippen molar-refractivity contribution in [1.29, 1.82) is 0 Å². The van der Waals surface area contributed by atoms with E-state index < -0.39 is 0 Å². The van der Waals surface area contributed by atoms with Crippen molar-refractivity contribution >= 4 is 5.97 Å². The second-order valence-electron chi connectivity index (χ2n) is 6.20. The minimum atomic E-state index is -0.278. The Morgan fingerprint density at radius 2 is 2.09 bits per heavy atom. The van der Waals surface area contributed by atoms with E-state index in [1.165, 1.54) is 0 Å². The zero-order valence-corrected chi connectivity index (χ0v) is 13.2. The van der Waals surface area contributed by atoms with Crippen LogP contribution in [0.4, 0.5) is 0 Å². The molecule has 1 unspecified atom stereocenters. The highest BCUT2D eigenvalue weighted by Gasteiger charge is 2.42. The lowest BCUT2D eigenvalue weighted by Crippen LogP contribution is -2.19. The van der Waals surface area contributed by atoms with Crippen molar-refractivity contribution in [3.05, 3.63) is 54.1 Å². The molecule has 0 amide bonds. The Morgan fingerprint density at radius 1 is 1.36 bits per heavy atom. The minimum Gasteiger partial charge on any atom is -0.460 e. The largest absolute Gasteiger partial charge is 0.460 e. The number of ether oxygens (including phenoxy) is 1. The Labute approximate surface area is 131 Å². The summed E-state index contributed by atoms with van der Waals surface area (Å²) >= 11 is 0. The Bertz CT molecular complexity index is 644.